The number of esters is 1. The molecule has 1 N–H and O–H groups in total. The van der Waals surface area contributed by atoms with E-state index in [0.717, 1.165) is 120 Å². The molecule has 19 nitrogen and oxygen atoms in total. The van der Waals surface area contributed by atoms with Crippen molar-refractivity contribution in [3.63, 3.8) is 0 Å². The number of aliphatic hydroxyl groups excluding tert-OH is 1. The van der Waals surface area contributed by atoms with Crippen molar-refractivity contribution < 1.29 is 87.1 Å². The summed E-state index contributed by atoms with van der Waals surface area (Å²) in [6, 6.07) is 21.5. The van der Waals surface area contributed by atoms with E-state index in [4.69, 9.17) is 77.2 Å². The van der Waals surface area contributed by atoms with E-state index in [-0.39, 0.29) is 150 Å². The predicted octanol–water partition coefficient (Wildman–Crippen LogP) is 21.8. The smallest absolute Gasteiger partial charge is 0.335 e. The third-order valence-corrected chi connectivity index (χ3v) is 46.1. The van der Waals surface area contributed by atoms with Gasteiger partial charge in [-0.05, 0) is 228 Å². The Morgan fingerprint density at radius 1 is 0.471 bits per heavy atom. The van der Waals surface area contributed by atoms with E-state index >= 15 is 0 Å². The minimum atomic E-state index is -2.14. The summed E-state index contributed by atoms with van der Waals surface area (Å²) in [5.41, 5.74) is 6.73. The summed E-state index contributed by atoms with van der Waals surface area (Å²) in [6.07, 6.45) is 14.7. The average molecular weight is 1800 g/mol. The number of ether oxygens (including phenoxy) is 9. The van der Waals surface area contributed by atoms with Gasteiger partial charge in [-0.1, -0.05) is 191 Å². The second-order valence-electron chi connectivity index (χ2n) is 42.4. The Kier molecular flexibility index (Phi) is 44.7. The van der Waals surface area contributed by atoms with Crippen molar-refractivity contribution in [2.75, 3.05) is 40.6 Å². The van der Waals surface area contributed by atoms with E-state index in [2.05, 4.69) is 236 Å². The van der Waals surface area contributed by atoms with Crippen LogP contribution in [-0.2, 0) is 101 Å². The van der Waals surface area contributed by atoms with E-state index in [1.54, 1.807) is 0 Å². The first kappa shape index (κ1) is 110. The SMILES string of the molecule is C.C=C1C(C[C@@H]2O[C@H](C[C@@H](CO[Si](C)(C)C(C)(C)C)O[Si](C)(C)C(C)(C)C)[C@H](OC)[C@H]2Cc2ccccc2)O[C@@H](CC[C@@H]2O[C@@H](CCCO)CC2=C)C[C@H]1C.C=C1C(C[C@@H]2O[C@H](C[C@@H](CO[Si](C)(C)C(C)(C)C)O[Si](C)(C)C(C)(C)C)[C@H](OC)[C@H]2Cc2ccccc2)O[C@@H](CC[C@@H]2O[C@@H](CCCOC(=O)C(C)(C)C)CC2=C)C[C@H]1C.O=S=O.O=S=O. The van der Waals surface area contributed by atoms with Crippen molar-refractivity contribution in [2.45, 2.75) is 411 Å². The number of benzene rings is 2. The second kappa shape index (κ2) is 49.0. The largest absolute Gasteiger partial charge is 0.465 e. The zero-order valence-electron chi connectivity index (χ0n) is 79.3. The molecule has 0 saturated carbocycles. The third-order valence-electron chi connectivity index (χ3n) is 28.0. The van der Waals surface area contributed by atoms with Gasteiger partial charge in [-0.25, -0.2) is 0 Å². The summed E-state index contributed by atoms with van der Waals surface area (Å²) in [5.74, 6) is 0.815. The number of carbonyl (C=O) groups excluding carboxylic acids is 1. The summed E-state index contributed by atoms with van der Waals surface area (Å²) < 4.78 is 121. The summed E-state index contributed by atoms with van der Waals surface area (Å²) in [4.78, 5) is 12.2. The van der Waals surface area contributed by atoms with E-state index < -0.39 is 61.8 Å². The first-order valence-corrected chi connectivity index (χ1v) is 57.7. The molecule has 20 atom stereocenters. The Morgan fingerprint density at radius 3 is 1.12 bits per heavy atom. The van der Waals surface area contributed by atoms with Gasteiger partial charge in [-0.3, -0.25) is 4.79 Å². The molecule has 6 saturated heterocycles. The van der Waals surface area contributed by atoms with E-state index in [1.807, 2.05) is 35.0 Å². The van der Waals surface area contributed by atoms with Crippen molar-refractivity contribution in [3.05, 3.63) is 120 Å². The third kappa shape index (κ3) is 33.7. The standard InChI is InChI=1S/C50H86O8Si2.C45H78O7Si2.CH4.2O2S/c1-34-28-39(25-26-42-35(2)29-38(55-42)24-21-27-53-47(51)48(4,5)6)56-43(36(34)3)32-44-41(30-37-22-19-18-20-23-37)46(52-13)45(57-44)31-40(58-60(16,17)50(10,11)12)33-54-59(14,15)49(7,8)9;1-31-25-36(22-23-39-32(2)26-35(49-39)21-18-24-46)50-40(33(31)3)29-41-38(27-34-19-16-15-17-20-34)43(47-10)42(51-41)28-37(52-54(13,14)45(7,8)9)30-48-53(11,12)44(4,5)6;;2*1-3-2/h18-20,22-23,34,38-46H,2-3,21,24-33H2,1,4-17H3;15-17,19-20,31,35-43,46H,2-3,18,21-30H2,1,4-14H3;1H4;;/t34-,38+,39+,40+,41+,42+,43?,44+,45-,46-;31-,35+,36+,37+,38+,39+,40?,41+,42-,43-;;;/m11.../s1. The normalized spacial score (nSPS) is 28.2. The number of methoxy groups -OCH3 is 2. The van der Waals surface area contributed by atoms with Gasteiger partial charge in [-0.15, -0.1) is 0 Å². The maximum Gasteiger partial charge on any atom is 0.335 e. The maximum atomic E-state index is 12.2. The van der Waals surface area contributed by atoms with E-state index in [0.29, 0.717) is 38.1 Å². The Bertz CT molecular complexity index is 3520. The summed E-state index contributed by atoms with van der Waals surface area (Å²) in [5, 5.41) is 9.63. The second-order valence-corrected chi connectivity index (χ2v) is 61.8. The lowest BCUT2D eigenvalue weighted by Crippen LogP contribution is -2.49. The molecule has 2 unspecified atom stereocenters. The average Bonchev–Trinajstić information content (AvgIpc) is 1.68. The molecule has 8 rings (SSSR count). The molecule has 6 heterocycles. The highest BCUT2D eigenvalue weighted by atomic mass is 32.1. The van der Waals surface area contributed by atoms with Gasteiger partial charge in [0.1, 0.15) is 0 Å². The lowest BCUT2D eigenvalue weighted by atomic mass is 9.81. The molecule has 121 heavy (non-hydrogen) atoms. The van der Waals surface area contributed by atoms with Crippen LogP contribution in [0.1, 0.15) is 239 Å². The molecular formula is C96H168O19S2Si4. The highest BCUT2D eigenvalue weighted by Gasteiger charge is 2.53. The predicted molar refractivity (Wildman–Crippen MR) is 502 cm³/mol. The van der Waals surface area contributed by atoms with Crippen molar-refractivity contribution in [2.24, 2.45) is 29.1 Å². The molecule has 0 spiro atoms. The number of carbonyl (C=O) groups is 1. The number of rotatable bonds is 37. The molecule has 694 valence electrons. The van der Waals surface area contributed by atoms with Gasteiger partial charge in [0, 0.05) is 58.3 Å². The highest BCUT2D eigenvalue weighted by molar-refractivity contribution is 7.52. The molecule has 6 aliphatic rings. The zero-order chi connectivity index (χ0) is 90.3. The molecule has 25 heteroatoms. The molecule has 0 aliphatic carbocycles. The van der Waals surface area contributed by atoms with Gasteiger partial charge < -0.3 is 65.4 Å². The number of hydrogen-bond donors (Lipinski definition) is 1. The fourth-order valence-corrected chi connectivity index (χ4v) is 21.2. The summed E-state index contributed by atoms with van der Waals surface area (Å²) in [7, 11) is -4.60. The van der Waals surface area contributed by atoms with Gasteiger partial charge in [0.25, 0.3) is 0 Å². The Hall–Kier alpha value is -3.14. The summed E-state index contributed by atoms with van der Waals surface area (Å²) in [6.45, 7) is 76.1. The highest BCUT2D eigenvalue weighted by Crippen LogP contribution is 2.48. The lowest BCUT2D eigenvalue weighted by Gasteiger charge is -2.42. The molecule has 0 bridgehead atoms. The van der Waals surface area contributed by atoms with Crippen molar-refractivity contribution in [1.29, 1.82) is 0 Å². The first-order chi connectivity index (χ1) is 55.7. The molecule has 6 aliphatic heterocycles. The molecule has 0 amide bonds. The van der Waals surface area contributed by atoms with Crippen LogP contribution in [-0.4, -0.2) is 199 Å². The van der Waals surface area contributed by atoms with Crippen molar-refractivity contribution >= 4 is 62.4 Å². The van der Waals surface area contributed by atoms with E-state index in [9.17, 15) is 9.90 Å². The molecule has 6 fully saturated rings. The molecule has 0 radical (unpaired) electrons. The van der Waals surface area contributed by atoms with Gasteiger partial charge in [0.2, 0.25) is 0 Å². The zero-order valence-corrected chi connectivity index (χ0v) is 85.0. The van der Waals surface area contributed by atoms with Gasteiger partial charge in [0.05, 0.1) is 123 Å². The van der Waals surface area contributed by atoms with E-state index in [1.165, 1.54) is 22.3 Å². The maximum absolute atomic E-state index is 12.2. The fourth-order valence-electron chi connectivity index (χ4n) is 16.4. The first-order valence-electron chi connectivity index (χ1n) is 44.7. The number of hydrogen-bond acceptors (Lipinski definition) is 19. The Labute approximate surface area is 745 Å². The fraction of sp³-hybridized carbons (Fsp3) is 0.781. The van der Waals surface area contributed by atoms with Crippen LogP contribution in [0.25, 0.3) is 0 Å². The van der Waals surface area contributed by atoms with Crippen LogP contribution in [0.3, 0.4) is 0 Å². The molecule has 2 aromatic carbocycles. The van der Waals surface area contributed by atoms with Crippen molar-refractivity contribution in [3.8, 4) is 0 Å². The monoisotopic (exact) mass is 1800 g/mol. The van der Waals surface area contributed by atoms with Crippen molar-refractivity contribution in [1.82, 2.24) is 0 Å². The summed E-state index contributed by atoms with van der Waals surface area (Å²) >= 11 is -1.50. The van der Waals surface area contributed by atoms with Crippen LogP contribution in [0.15, 0.2) is 109 Å². The topological polar surface area (TPSA) is 226 Å². The van der Waals surface area contributed by atoms with Crippen LogP contribution in [0.5, 0.6) is 0 Å². The number of aliphatic hydroxyl groups is 1. The van der Waals surface area contributed by atoms with Gasteiger partial charge in [0.15, 0.2) is 33.3 Å². The Morgan fingerprint density at radius 2 is 0.802 bits per heavy atom. The van der Waals surface area contributed by atoms with Crippen LogP contribution in [0, 0.1) is 29.1 Å². The van der Waals surface area contributed by atoms with Crippen LogP contribution < -0.4 is 0 Å². The minimum Gasteiger partial charge on any atom is -0.465 e. The van der Waals surface area contributed by atoms with Gasteiger partial charge in [-0.2, -0.15) is 16.8 Å². The van der Waals surface area contributed by atoms with Crippen LogP contribution in [0.2, 0.25) is 72.5 Å². The quantitative estimate of drug-likeness (QED) is 0.0287. The van der Waals surface area contributed by atoms with Gasteiger partial charge >= 0.3 is 29.1 Å². The molecular weight excluding hydrogens is 1630 g/mol. The van der Waals surface area contributed by atoms with Crippen LogP contribution >= 0.6 is 0 Å². The minimum absolute atomic E-state index is 0. The lowest BCUT2D eigenvalue weighted by molar-refractivity contribution is -0.153. The molecule has 0 aromatic heterocycles. The molecule has 2 aromatic rings. The van der Waals surface area contributed by atoms with Crippen LogP contribution in [0.4, 0.5) is 0 Å². The Balaban J connectivity index is 0.000000476.